The van der Waals surface area contributed by atoms with Crippen LogP contribution < -0.4 is 15.2 Å². The van der Waals surface area contributed by atoms with Crippen LogP contribution in [-0.4, -0.2) is 59.1 Å². The van der Waals surface area contributed by atoms with Crippen LogP contribution in [0.2, 0.25) is 0 Å². The normalized spacial score (nSPS) is 18.5. The van der Waals surface area contributed by atoms with Crippen molar-refractivity contribution in [2.24, 2.45) is 0 Å². The van der Waals surface area contributed by atoms with Crippen molar-refractivity contribution < 1.29 is 14.3 Å². The number of anilines is 1. The highest BCUT2D eigenvalue weighted by atomic mass is 16.5. The molecule has 0 saturated carbocycles. The van der Waals surface area contributed by atoms with Crippen molar-refractivity contribution in [3.8, 4) is 5.75 Å². The first-order chi connectivity index (χ1) is 15.1. The van der Waals surface area contributed by atoms with Crippen LogP contribution in [0.1, 0.15) is 11.4 Å². The Morgan fingerprint density at radius 3 is 2.77 bits per heavy atom. The maximum Gasteiger partial charge on any atom is 0.265 e. The van der Waals surface area contributed by atoms with Crippen molar-refractivity contribution in [1.82, 2.24) is 14.3 Å². The molecule has 2 aliphatic rings. The molecule has 1 atom stereocenters. The van der Waals surface area contributed by atoms with Gasteiger partial charge in [0.25, 0.3) is 11.5 Å². The second-order valence-electron chi connectivity index (χ2n) is 7.84. The number of benzene rings is 1. The van der Waals surface area contributed by atoms with Crippen LogP contribution in [0.5, 0.6) is 5.75 Å². The standard InChI is InChI=1S/C23H24N4O4/c1-16-5-4-8-21-24-17(13-22(28)27(16)21)14-26-15-20(23(29)25-9-11-30-12-10-25)31-19-7-3-2-6-18(19)26/h2-8,13,20H,9-12,14-15H2,1H3. The summed E-state index contributed by atoms with van der Waals surface area (Å²) in [6, 6.07) is 14.8. The molecule has 31 heavy (non-hydrogen) atoms. The number of fused-ring (bicyclic) bond motifs is 2. The summed E-state index contributed by atoms with van der Waals surface area (Å²) in [5.41, 5.74) is 2.89. The van der Waals surface area contributed by atoms with Crippen LogP contribution in [0.15, 0.2) is 53.3 Å². The molecule has 160 valence electrons. The molecule has 5 rings (SSSR count). The largest absolute Gasteiger partial charge is 0.477 e. The second kappa shape index (κ2) is 8.03. The van der Waals surface area contributed by atoms with E-state index < -0.39 is 6.10 Å². The fraction of sp³-hybridized carbons (Fsp3) is 0.348. The molecule has 2 aliphatic heterocycles. The summed E-state index contributed by atoms with van der Waals surface area (Å²) in [7, 11) is 0. The molecule has 0 N–H and O–H groups in total. The van der Waals surface area contributed by atoms with Gasteiger partial charge in [-0.05, 0) is 31.2 Å². The Morgan fingerprint density at radius 1 is 1.13 bits per heavy atom. The third-order valence-corrected chi connectivity index (χ3v) is 5.75. The van der Waals surface area contributed by atoms with Crippen LogP contribution >= 0.6 is 0 Å². The summed E-state index contributed by atoms with van der Waals surface area (Å²) in [6.07, 6.45) is -0.614. The maximum atomic E-state index is 13.1. The highest BCUT2D eigenvalue weighted by molar-refractivity contribution is 5.83. The first kappa shape index (κ1) is 19.6. The van der Waals surface area contributed by atoms with E-state index in [0.717, 1.165) is 11.4 Å². The van der Waals surface area contributed by atoms with Gasteiger partial charge in [-0.2, -0.15) is 0 Å². The first-order valence-corrected chi connectivity index (χ1v) is 10.5. The molecule has 3 aromatic rings. The van der Waals surface area contributed by atoms with Gasteiger partial charge < -0.3 is 19.3 Å². The quantitative estimate of drug-likeness (QED) is 0.641. The molecule has 0 bridgehead atoms. The highest BCUT2D eigenvalue weighted by Crippen LogP contribution is 2.34. The molecule has 4 heterocycles. The van der Waals surface area contributed by atoms with E-state index in [-0.39, 0.29) is 11.5 Å². The molecule has 1 amide bonds. The smallest absolute Gasteiger partial charge is 0.265 e. The zero-order valence-corrected chi connectivity index (χ0v) is 17.4. The van der Waals surface area contributed by atoms with Crippen molar-refractivity contribution in [2.75, 3.05) is 37.7 Å². The summed E-state index contributed by atoms with van der Waals surface area (Å²) in [5.74, 6) is 0.624. The van der Waals surface area contributed by atoms with E-state index in [4.69, 9.17) is 14.5 Å². The summed E-state index contributed by atoms with van der Waals surface area (Å²) in [4.78, 5) is 34.3. The van der Waals surface area contributed by atoms with Gasteiger partial charge in [0.15, 0.2) is 6.10 Å². The molecule has 8 nitrogen and oxygen atoms in total. The minimum atomic E-state index is -0.614. The fourth-order valence-corrected chi connectivity index (χ4v) is 4.21. The van der Waals surface area contributed by atoms with E-state index in [2.05, 4.69) is 4.90 Å². The van der Waals surface area contributed by atoms with Gasteiger partial charge in [-0.3, -0.25) is 14.0 Å². The third kappa shape index (κ3) is 3.74. The first-order valence-electron chi connectivity index (χ1n) is 10.5. The highest BCUT2D eigenvalue weighted by Gasteiger charge is 2.34. The van der Waals surface area contributed by atoms with Crippen LogP contribution in [0.4, 0.5) is 5.69 Å². The molecule has 0 radical (unpaired) electrons. The molecule has 0 aliphatic carbocycles. The van der Waals surface area contributed by atoms with E-state index in [1.54, 1.807) is 15.4 Å². The Labute approximate surface area is 179 Å². The van der Waals surface area contributed by atoms with Gasteiger partial charge in [-0.1, -0.05) is 18.2 Å². The van der Waals surface area contributed by atoms with Gasteiger partial charge in [0.1, 0.15) is 11.4 Å². The predicted octanol–water partition coefficient (Wildman–Crippen LogP) is 1.63. The van der Waals surface area contributed by atoms with Crippen molar-refractivity contribution in [1.29, 1.82) is 0 Å². The summed E-state index contributed by atoms with van der Waals surface area (Å²) < 4.78 is 13.0. The van der Waals surface area contributed by atoms with E-state index >= 15 is 0 Å². The molecule has 1 unspecified atom stereocenters. The number of carbonyl (C=O) groups excluding carboxylic acids is 1. The molecule has 0 spiro atoms. The van der Waals surface area contributed by atoms with Crippen molar-refractivity contribution in [3.63, 3.8) is 0 Å². The Bertz CT molecular complexity index is 1190. The SMILES string of the molecule is Cc1cccc2nc(CN3CC(C(=O)N4CCOCC4)Oc4ccccc43)cc(=O)n12. The van der Waals surface area contributed by atoms with E-state index in [9.17, 15) is 9.59 Å². The number of carbonyl (C=O) groups is 1. The number of ether oxygens (including phenoxy) is 2. The number of para-hydroxylation sites is 2. The lowest BCUT2D eigenvalue weighted by Crippen LogP contribution is -2.52. The minimum Gasteiger partial charge on any atom is -0.477 e. The molecule has 2 aromatic heterocycles. The zero-order chi connectivity index (χ0) is 21.4. The van der Waals surface area contributed by atoms with E-state index in [1.165, 1.54) is 0 Å². The molecule has 1 fully saturated rings. The van der Waals surface area contributed by atoms with Gasteiger partial charge in [-0.25, -0.2) is 4.98 Å². The number of hydrogen-bond donors (Lipinski definition) is 0. The van der Waals surface area contributed by atoms with Gasteiger partial charge in [0, 0.05) is 24.8 Å². The Morgan fingerprint density at radius 2 is 1.94 bits per heavy atom. The number of pyridine rings is 1. The molecular formula is C23H24N4O4. The van der Waals surface area contributed by atoms with Crippen LogP contribution in [0, 0.1) is 6.92 Å². The fourth-order valence-electron chi connectivity index (χ4n) is 4.21. The van der Waals surface area contributed by atoms with Crippen molar-refractivity contribution in [3.05, 3.63) is 70.3 Å². The van der Waals surface area contributed by atoms with Gasteiger partial charge in [0.2, 0.25) is 0 Å². The topological polar surface area (TPSA) is 76.4 Å². The second-order valence-corrected chi connectivity index (χ2v) is 7.84. The third-order valence-electron chi connectivity index (χ3n) is 5.75. The Hall–Kier alpha value is -3.39. The summed E-state index contributed by atoms with van der Waals surface area (Å²) in [6.45, 7) is 4.92. The number of aryl methyl sites for hydroxylation is 1. The predicted molar refractivity (Wildman–Crippen MR) is 116 cm³/mol. The number of hydrogen-bond acceptors (Lipinski definition) is 6. The van der Waals surface area contributed by atoms with Gasteiger partial charge in [-0.15, -0.1) is 0 Å². The lowest BCUT2D eigenvalue weighted by Gasteiger charge is -2.38. The summed E-state index contributed by atoms with van der Waals surface area (Å²) in [5, 5.41) is 0. The molecule has 1 saturated heterocycles. The average Bonchev–Trinajstić information content (AvgIpc) is 2.79. The zero-order valence-electron chi connectivity index (χ0n) is 17.4. The Balaban J connectivity index is 1.45. The van der Waals surface area contributed by atoms with Crippen LogP contribution in [-0.2, 0) is 16.1 Å². The summed E-state index contributed by atoms with van der Waals surface area (Å²) >= 11 is 0. The number of rotatable bonds is 3. The van der Waals surface area contributed by atoms with Crippen molar-refractivity contribution >= 4 is 17.2 Å². The number of nitrogens with zero attached hydrogens (tertiary/aromatic N) is 4. The Kier molecular flexibility index (Phi) is 5.07. The number of amides is 1. The minimum absolute atomic E-state index is 0.0371. The van der Waals surface area contributed by atoms with Gasteiger partial charge >= 0.3 is 0 Å². The monoisotopic (exact) mass is 420 g/mol. The molecule has 1 aromatic carbocycles. The van der Waals surface area contributed by atoms with E-state index in [0.29, 0.717) is 56.5 Å². The van der Waals surface area contributed by atoms with E-state index in [1.807, 2.05) is 49.4 Å². The lowest BCUT2D eigenvalue weighted by atomic mass is 10.1. The van der Waals surface area contributed by atoms with Crippen LogP contribution in [0.3, 0.4) is 0 Å². The van der Waals surface area contributed by atoms with Crippen LogP contribution in [0.25, 0.3) is 5.65 Å². The average molecular weight is 420 g/mol. The van der Waals surface area contributed by atoms with Crippen molar-refractivity contribution in [2.45, 2.75) is 19.6 Å². The number of aromatic nitrogens is 2. The lowest BCUT2D eigenvalue weighted by molar-refractivity contribution is -0.142. The molecule has 8 heteroatoms. The number of morpholine rings is 1. The molecular weight excluding hydrogens is 396 g/mol. The maximum absolute atomic E-state index is 13.1. The van der Waals surface area contributed by atoms with Gasteiger partial charge in [0.05, 0.1) is 37.7 Å².